The van der Waals surface area contributed by atoms with E-state index in [1.54, 1.807) is 24.3 Å². The highest BCUT2D eigenvalue weighted by Gasteiger charge is 2.66. The summed E-state index contributed by atoms with van der Waals surface area (Å²) in [6.45, 7) is 5.40. The number of carbonyl (C=O) groups excluding carboxylic acids is 2. The molecular formula is C21H23F3N4O3. The van der Waals surface area contributed by atoms with Gasteiger partial charge < -0.3 is 20.6 Å². The molecular weight excluding hydrogens is 413 g/mol. The van der Waals surface area contributed by atoms with Gasteiger partial charge >= 0.3 is 12.2 Å². The number of ketones is 1. The maximum absolute atomic E-state index is 13.9. The fourth-order valence-electron chi connectivity index (χ4n) is 3.79. The van der Waals surface area contributed by atoms with Crippen LogP contribution in [0.15, 0.2) is 48.8 Å². The smallest absolute Gasteiger partial charge is 0.372 e. The SMILES string of the molecule is CCN(CC)c1ccc([C@@H]2NC(=O)N[C@@](O)(C(F)(F)F)[C@H]2C(=O)c2cccnc2)cc1. The highest BCUT2D eigenvalue weighted by atomic mass is 19.4. The predicted octanol–water partition coefficient (Wildman–Crippen LogP) is 3.03. The second kappa shape index (κ2) is 8.54. The number of Topliss-reactive ketones (excluding diaryl/α,β-unsaturated/α-hetero) is 1. The molecule has 0 aliphatic carbocycles. The normalized spacial score (nSPS) is 23.6. The van der Waals surface area contributed by atoms with Gasteiger partial charge in [-0.05, 0) is 43.7 Å². The minimum Gasteiger partial charge on any atom is -0.372 e. The van der Waals surface area contributed by atoms with E-state index < -0.39 is 35.7 Å². The molecule has 10 heteroatoms. The number of benzene rings is 1. The average Bonchev–Trinajstić information content (AvgIpc) is 2.74. The summed E-state index contributed by atoms with van der Waals surface area (Å²) in [7, 11) is 0. The predicted molar refractivity (Wildman–Crippen MR) is 107 cm³/mol. The van der Waals surface area contributed by atoms with Crippen LogP contribution in [0.25, 0.3) is 0 Å². The van der Waals surface area contributed by atoms with Crippen LogP contribution in [0.5, 0.6) is 0 Å². The first-order chi connectivity index (χ1) is 14.6. The summed E-state index contributed by atoms with van der Waals surface area (Å²) in [5.41, 5.74) is -2.77. The monoisotopic (exact) mass is 436 g/mol. The van der Waals surface area contributed by atoms with E-state index in [9.17, 15) is 27.9 Å². The van der Waals surface area contributed by atoms with Gasteiger partial charge in [0.15, 0.2) is 5.78 Å². The van der Waals surface area contributed by atoms with Gasteiger partial charge in [0.1, 0.15) is 5.92 Å². The van der Waals surface area contributed by atoms with Gasteiger partial charge in [-0.25, -0.2) is 4.79 Å². The van der Waals surface area contributed by atoms with Gasteiger partial charge in [-0.15, -0.1) is 0 Å². The molecule has 0 spiro atoms. The molecule has 2 aromatic rings. The molecule has 1 aromatic carbocycles. The summed E-state index contributed by atoms with van der Waals surface area (Å²) in [6.07, 6.45) is -2.81. The van der Waals surface area contributed by atoms with E-state index in [2.05, 4.69) is 10.3 Å². The molecule has 1 saturated heterocycles. The van der Waals surface area contributed by atoms with Crippen molar-refractivity contribution in [2.45, 2.75) is 31.8 Å². The van der Waals surface area contributed by atoms with Crippen LogP contribution in [0.2, 0.25) is 0 Å². The van der Waals surface area contributed by atoms with Crippen molar-refractivity contribution in [2.24, 2.45) is 5.92 Å². The Bertz CT molecular complexity index is 933. The Kier molecular flexibility index (Phi) is 6.21. The highest BCUT2D eigenvalue weighted by molar-refractivity contribution is 6.00. The Labute approximate surface area is 177 Å². The van der Waals surface area contributed by atoms with Crippen molar-refractivity contribution in [3.05, 3.63) is 59.9 Å². The molecule has 166 valence electrons. The zero-order valence-electron chi connectivity index (χ0n) is 17.0. The fraction of sp³-hybridized carbons (Fsp3) is 0.381. The first kappa shape index (κ1) is 22.5. The third-order valence-corrected chi connectivity index (χ3v) is 5.42. The number of rotatable bonds is 6. The zero-order valence-corrected chi connectivity index (χ0v) is 17.0. The third-order valence-electron chi connectivity index (χ3n) is 5.42. The van der Waals surface area contributed by atoms with Gasteiger partial charge in [0, 0.05) is 36.7 Å². The van der Waals surface area contributed by atoms with E-state index in [4.69, 9.17) is 0 Å². The summed E-state index contributed by atoms with van der Waals surface area (Å²) < 4.78 is 41.7. The Morgan fingerprint density at radius 2 is 1.84 bits per heavy atom. The number of pyridine rings is 1. The number of anilines is 1. The summed E-state index contributed by atoms with van der Waals surface area (Å²) in [4.78, 5) is 31.0. The standard InChI is InChI=1S/C21H23F3N4O3/c1-3-28(4-2)15-9-7-13(8-10-15)17-16(18(29)14-6-5-11-25-12-14)20(31,21(22,23)24)27-19(30)26-17/h5-12,16-17,31H,3-4H2,1-2H3,(H2,26,27,30)/t16-,17+,20+/m1/s1. The van der Waals surface area contributed by atoms with E-state index in [0.717, 1.165) is 25.0 Å². The molecule has 2 heterocycles. The molecule has 0 radical (unpaired) electrons. The zero-order chi connectivity index (χ0) is 22.8. The van der Waals surface area contributed by atoms with Gasteiger partial charge in [-0.2, -0.15) is 13.2 Å². The molecule has 3 N–H and O–H groups in total. The second-order valence-electron chi connectivity index (χ2n) is 7.19. The van der Waals surface area contributed by atoms with Gasteiger partial charge in [0.05, 0.1) is 6.04 Å². The molecule has 3 rings (SSSR count). The van der Waals surface area contributed by atoms with E-state index in [0.29, 0.717) is 0 Å². The molecule has 7 nitrogen and oxygen atoms in total. The van der Waals surface area contributed by atoms with Crippen LogP contribution in [0, 0.1) is 5.92 Å². The van der Waals surface area contributed by atoms with Crippen molar-refractivity contribution in [1.82, 2.24) is 15.6 Å². The average molecular weight is 436 g/mol. The van der Waals surface area contributed by atoms with Crippen LogP contribution in [-0.2, 0) is 0 Å². The number of aliphatic hydroxyl groups is 1. The second-order valence-corrected chi connectivity index (χ2v) is 7.19. The minimum atomic E-state index is -5.30. The van der Waals surface area contributed by atoms with E-state index in [-0.39, 0.29) is 11.1 Å². The lowest BCUT2D eigenvalue weighted by Gasteiger charge is -2.45. The number of halogens is 3. The van der Waals surface area contributed by atoms with Crippen LogP contribution in [-0.4, -0.2) is 46.9 Å². The Morgan fingerprint density at radius 3 is 2.35 bits per heavy atom. The van der Waals surface area contributed by atoms with Gasteiger partial charge in [-0.1, -0.05) is 12.1 Å². The molecule has 31 heavy (non-hydrogen) atoms. The van der Waals surface area contributed by atoms with Gasteiger partial charge in [0.2, 0.25) is 5.72 Å². The van der Waals surface area contributed by atoms with Crippen molar-refractivity contribution < 1.29 is 27.9 Å². The van der Waals surface area contributed by atoms with Gasteiger partial charge in [-0.3, -0.25) is 9.78 Å². The lowest BCUT2D eigenvalue weighted by atomic mass is 9.77. The summed E-state index contributed by atoms with van der Waals surface area (Å²) in [6, 6.07) is 6.57. The van der Waals surface area contributed by atoms with E-state index >= 15 is 0 Å². The van der Waals surface area contributed by atoms with Crippen molar-refractivity contribution in [1.29, 1.82) is 0 Å². The van der Waals surface area contributed by atoms with Gasteiger partial charge in [0.25, 0.3) is 0 Å². The quantitative estimate of drug-likeness (QED) is 0.606. The largest absolute Gasteiger partial charge is 0.437 e. The Hall–Kier alpha value is -3.14. The molecule has 1 aromatic heterocycles. The third kappa shape index (κ3) is 4.20. The molecule has 1 aliphatic heterocycles. The van der Waals surface area contributed by atoms with Crippen LogP contribution in [0.1, 0.15) is 35.8 Å². The molecule has 0 saturated carbocycles. The molecule has 1 aliphatic rings. The number of nitrogens with one attached hydrogen (secondary N) is 2. The molecule has 0 unspecified atom stereocenters. The van der Waals surface area contributed by atoms with Crippen molar-refractivity contribution in [3.8, 4) is 0 Å². The topological polar surface area (TPSA) is 94.6 Å². The first-order valence-corrected chi connectivity index (χ1v) is 9.79. The van der Waals surface area contributed by atoms with Crippen molar-refractivity contribution in [2.75, 3.05) is 18.0 Å². The minimum absolute atomic E-state index is 0.113. The molecule has 3 atom stereocenters. The van der Waals surface area contributed by atoms with Crippen molar-refractivity contribution >= 4 is 17.5 Å². The number of hydrogen-bond acceptors (Lipinski definition) is 5. The number of alkyl halides is 3. The van der Waals surface area contributed by atoms with Crippen LogP contribution < -0.4 is 15.5 Å². The number of aromatic nitrogens is 1. The summed E-state index contributed by atoms with van der Waals surface area (Å²) in [5.74, 6) is -3.08. The lowest BCUT2D eigenvalue weighted by Crippen LogP contribution is -2.72. The van der Waals surface area contributed by atoms with Crippen molar-refractivity contribution in [3.63, 3.8) is 0 Å². The maximum atomic E-state index is 13.9. The lowest BCUT2D eigenvalue weighted by molar-refractivity contribution is -0.287. The number of amides is 2. The summed E-state index contributed by atoms with van der Waals surface area (Å²) in [5, 5.41) is 14.5. The van der Waals surface area contributed by atoms with E-state index in [1.807, 2.05) is 18.7 Å². The molecule has 0 bridgehead atoms. The summed E-state index contributed by atoms with van der Waals surface area (Å²) >= 11 is 0. The fourth-order valence-corrected chi connectivity index (χ4v) is 3.79. The maximum Gasteiger partial charge on any atom is 0.437 e. The molecule has 2 amide bonds. The van der Waals surface area contributed by atoms with Crippen LogP contribution in [0.3, 0.4) is 0 Å². The number of carbonyl (C=O) groups is 2. The first-order valence-electron chi connectivity index (χ1n) is 9.79. The number of hydrogen-bond donors (Lipinski definition) is 3. The van der Waals surface area contributed by atoms with Crippen LogP contribution in [0.4, 0.5) is 23.7 Å². The Morgan fingerprint density at radius 1 is 1.19 bits per heavy atom. The highest BCUT2D eigenvalue weighted by Crippen LogP contribution is 2.44. The van der Waals surface area contributed by atoms with E-state index in [1.165, 1.54) is 23.6 Å². The Balaban J connectivity index is 2.09. The number of urea groups is 1. The molecule has 1 fully saturated rings. The van der Waals surface area contributed by atoms with Crippen LogP contribution >= 0.6 is 0 Å². The number of nitrogens with zero attached hydrogens (tertiary/aromatic N) is 2.